The van der Waals surface area contributed by atoms with Crippen LogP contribution in [0.2, 0.25) is 0 Å². The van der Waals surface area contributed by atoms with Gasteiger partial charge in [-0.2, -0.15) is 8.42 Å². The number of benzene rings is 3. The fraction of sp³-hybridized carbons (Fsp3) is 0.259. The number of aromatic hydroxyl groups is 3. The van der Waals surface area contributed by atoms with Crippen LogP contribution in [0.3, 0.4) is 0 Å². The van der Waals surface area contributed by atoms with Gasteiger partial charge in [0.1, 0.15) is 18.1 Å². The predicted octanol–water partition coefficient (Wildman–Crippen LogP) is 5.23. The van der Waals surface area contributed by atoms with Gasteiger partial charge in [0.05, 0.1) is 26.0 Å². The lowest BCUT2D eigenvalue weighted by Crippen LogP contribution is -2.08. The van der Waals surface area contributed by atoms with Crippen LogP contribution in [-0.4, -0.2) is 50.8 Å². The van der Waals surface area contributed by atoms with Crippen LogP contribution in [0.5, 0.6) is 40.2 Å². The summed E-state index contributed by atoms with van der Waals surface area (Å²) >= 11 is 0. The van der Waals surface area contributed by atoms with E-state index in [1.54, 1.807) is 24.3 Å². The van der Waals surface area contributed by atoms with E-state index in [0.29, 0.717) is 11.1 Å². The highest BCUT2D eigenvalue weighted by Gasteiger charge is 2.25. The molecule has 0 spiro atoms. The minimum absolute atomic E-state index is 0.0765. The van der Waals surface area contributed by atoms with E-state index in [1.807, 2.05) is 13.0 Å². The average molecular weight is 531 g/mol. The number of unbranched alkanes of at least 4 members (excludes halogenated alkanes) is 1. The second kappa shape index (κ2) is 11.8. The van der Waals surface area contributed by atoms with E-state index in [0.717, 1.165) is 19.1 Å². The van der Waals surface area contributed by atoms with Crippen LogP contribution in [0.15, 0.2) is 54.6 Å². The third-order valence-corrected chi connectivity index (χ3v) is 5.81. The molecule has 0 aliphatic heterocycles. The third-order valence-electron chi connectivity index (χ3n) is 5.33. The van der Waals surface area contributed by atoms with E-state index in [1.165, 1.54) is 38.5 Å². The van der Waals surface area contributed by atoms with E-state index < -0.39 is 15.9 Å². The zero-order valence-corrected chi connectivity index (χ0v) is 21.8. The first-order valence-corrected chi connectivity index (χ1v) is 13.2. The van der Waals surface area contributed by atoms with Crippen molar-refractivity contribution in [1.82, 2.24) is 0 Å². The van der Waals surface area contributed by atoms with Gasteiger partial charge in [-0.1, -0.05) is 37.6 Å². The molecule has 0 saturated carbocycles. The van der Waals surface area contributed by atoms with Crippen molar-refractivity contribution in [3.05, 3.63) is 54.6 Å². The molecular weight excluding hydrogens is 500 g/mol. The van der Waals surface area contributed by atoms with Crippen molar-refractivity contribution >= 4 is 10.1 Å². The summed E-state index contributed by atoms with van der Waals surface area (Å²) in [7, 11) is -1.20. The van der Waals surface area contributed by atoms with E-state index in [-0.39, 0.29) is 52.2 Å². The summed E-state index contributed by atoms with van der Waals surface area (Å²) in [4.78, 5) is 0. The molecule has 0 saturated heterocycles. The summed E-state index contributed by atoms with van der Waals surface area (Å²) in [6.07, 6.45) is 6.34. The van der Waals surface area contributed by atoms with E-state index in [2.05, 4.69) is 0 Å². The van der Waals surface area contributed by atoms with Gasteiger partial charge in [0, 0.05) is 5.56 Å². The Balaban J connectivity index is 2.18. The van der Waals surface area contributed by atoms with E-state index in [4.69, 9.17) is 18.4 Å². The van der Waals surface area contributed by atoms with Gasteiger partial charge in [-0.15, -0.1) is 0 Å². The van der Waals surface area contributed by atoms with Crippen LogP contribution in [0.25, 0.3) is 22.3 Å². The molecule has 0 aliphatic carbocycles. The Hall–Kier alpha value is -4.05. The Morgan fingerprint density at radius 2 is 1.57 bits per heavy atom. The molecule has 0 aromatic heterocycles. The largest absolute Gasteiger partial charge is 0.508 e. The Morgan fingerprint density at radius 1 is 0.865 bits per heavy atom. The van der Waals surface area contributed by atoms with Gasteiger partial charge >= 0.3 is 10.1 Å². The number of phenolic OH excluding ortho intramolecular Hbond substituents is 3. The molecule has 0 amide bonds. The maximum Gasteiger partial charge on any atom is 0.306 e. The smallest absolute Gasteiger partial charge is 0.306 e. The first-order valence-electron chi connectivity index (χ1n) is 11.4. The fourth-order valence-corrected chi connectivity index (χ4v) is 4.16. The minimum Gasteiger partial charge on any atom is -0.508 e. The molecule has 37 heavy (non-hydrogen) atoms. The summed E-state index contributed by atoms with van der Waals surface area (Å²) in [6, 6.07) is 10.5. The first-order chi connectivity index (χ1) is 17.6. The number of methoxy groups -OCH3 is 2. The number of phenols is 3. The van der Waals surface area contributed by atoms with Gasteiger partial charge in [0.15, 0.2) is 23.0 Å². The summed E-state index contributed by atoms with van der Waals surface area (Å²) in [5.74, 6) is -0.748. The topological polar surface area (TPSA) is 132 Å². The van der Waals surface area contributed by atoms with Crippen molar-refractivity contribution in [2.45, 2.75) is 19.8 Å². The lowest BCUT2D eigenvalue weighted by Gasteiger charge is -2.19. The molecule has 9 nitrogen and oxygen atoms in total. The van der Waals surface area contributed by atoms with Crippen molar-refractivity contribution in [2.75, 3.05) is 27.1 Å². The molecular formula is C27H30O9S. The van der Waals surface area contributed by atoms with Crippen LogP contribution in [0, 0.1) is 0 Å². The van der Waals surface area contributed by atoms with Crippen molar-refractivity contribution in [3.8, 4) is 62.5 Å². The minimum atomic E-state index is -3.99. The number of ether oxygens (including phenoxy) is 3. The summed E-state index contributed by atoms with van der Waals surface area (Å²) in [6.45, 7) is 2.11. The maximum absolute atomic E-state index is 12.0. The second-order valence-corrected chi connectivity index (χ2v) is 9.69. The Morgan fingerprint density at radius 3 is 2.16 bits per heavy atom. The number of allylic oxidation sites excluding steroid dienone is 1. The van der Waals surface area contributed by atoms with Crippen LogP contribution in [-0.2, 0) is 10.1 Å². The molecule has 3 N–H and O–H groups in total. The van der Waals surface area contributed by atoms with Gasteiger partial charge in [-0.25, -0.2) is 0 Å². The van der Waals surface area contributed by atoms with Gasteiger partial charge in [-0.3, -0.25) is 0 Å². The van der Waals surface area contributed by atoms with E-state index >= 15 is 0 Å². The van der Waals surface area contributed by atoms with Gasteiger partial charge < -0.3 is 33.7 Å². The number of rotatable bonds is 11. The summed E-state index contributed by atoms with van der Waals surface area (Å²) in [5, 5.41) is 31.6. The average Bonchev–Trinajstić information content (AvgIpc) is 2.84. The zero-order valence-electron chi connectivity index (χ0n) is 21.0. The number of hydrogen-bond donors (Lipinski definition) is 3. The van der Waals surface area contributed by atoms with Crippen molar-refractivity contribution in [3.63, 3.8) is 0 Å². The Labute approximate surface area is 216 Å². The third kappa shape index (κ3) is 6.59. The molecule has 3 aromatic carbocycles. The molecule has 10 heteroatoms. The van der Waals surface area contributed by atoms with Crippen molar-refractivity contribution in [1.29, 1.82) is 0 Å². The van der Waals surface area contributed by atoms with Crippen molar-refractivity contribution in [2.24, 2.45) is 0 Å². The fourth-order valence-electron chi connectivity index (χ4n) is 3.71. The Kier molecular flexibility index (Phi) is 8.77. The highest BCUT2D eigenvalue weighted by molar-refractivity contribution is 7.86. The molecule has 0 radical (unpaired) electrons. The summed E-state index contributed by atoms with van der Waals surface area (Å²) < 4.78 is 45.6. The van der Waals surface area contributed by atoms with Gasteiger partial charge in [0.2, 0.25) is 5.75 Å². The summed E-state index contributed by atoms with van der Waals surface area (Å²) in [5.41, 5.74) is 1.44. The molecule has 0 heterocycles. The van der Waals surface area contributed by atoms with Crippen LogP contribution < -0.4 is 18.4 Å². The molecule has 3 rings (SSSR count). The van der Waals surface area contributed by atoms with Gasteiger partial charge in [-0.05, 0) is 47.9 Å². The zero-order chi connectivity index (χ0) is 27.2. The molecule has 0 unspecified atom stereocenters. The van der Waals surface area contributed by atoms with Crippen LogP contribution in [0.4, 0.5) is 0 Å². The number of hydrogen-bond acceptors (Lipinski definition) is 9. The molecule has 0 atom stereocenters. The molecule has 0 fully saturated rings. The van der Waals surface area contributed by atoms with E-state index in [9.17, 15) is 23.7 Å². The predicted molar refractivity (Wildman–Crippen MR) is 140 cm³/mol. The highest BCUT2D eigenvalue weighted by Crippen LogP contribution is 2.52. The lowest BCUT2D eigenvalue weighted by molar-refractivity contribution is 0.323. The van der Waals surface area contributed by atoms with Crippen molar-refractivity contribution < 1.29 is 42.1 Å². The maximum atomic E-state index is 12.0. The molecule has 0 bridgehead atoms. The Bertz CT molecular complexity index is 1380. The molecule has 198 valence electrons. The lowest BCUT2D eigenvalue weighted by atomic mass is 9.96. The SMILES string of the molecule is CCCC=CCOc1c(O)cc(-c2c(OC)cc(-c3ccc(O)cc3)c(OC)c2O)cc1OS(C)(=O)=O. The quantitative estimate of drug-likeness (QED) is 0.225. The first kappa shape index (κ1) is 27.5. The normalized spacial score (nSPS) is 11.5. The van der Waals surface area contributed by atoms with Gasteiger partial charge in [0.25, 0.3) is 0 Å². The monoisotopic (exact) mass is 530 g/mol. The highest BCUT2D eigenvalue weighted by atomic mass is 32.2. The second-order valence-electron chi connectivity index (χ2n) is 8.11. The van der Waals surface area contributed by atoms with Crippen LogP contribution >= 0.6 is 0 Å². The molecule has 0 aliphatic rings. The van der Waals surface area contributed by atoms with Crippen LogP contribution in [0.1, 0.15) is 19.8 Å². The standard InChI is InChI=1S/C27H30O9S/c1-5-6-7-8-13-35-27-21(29)14-18(15-23(27)36-37(4,31)32)24-22(33-2)16-20(26(34-3)25(24)30)17-9-11-19(28)12-10-17/h7-12,14-16,28-30H,5-6,13H2,1-4H3. The molecule has 3 aromatic rings.